The maximum Gasteiger partial charge on any atom is 0.312 e. The van der Waals surface area contributed by atoms with E-state index in [2.05, 4.69) is 5.32 Å². The topological polar surface area (TPSA) is 82.8 Å². The fourth-order valence-electron chi connectivity index (χ4n) is 2.00. The molecule has 2 rings (SSSR count). The first-order chi connectivity index (χ1) is 6.98. The number of nitrogens with one attached hydrogen (secondary N) is 1. The number of rotatable bonds is 2. The first-order valence-corrected chi connectivity index (χ1v) is 4.98. The zero-order chi connectivity index (χ0) is 11.1. The first kappa shape index (κ1) is 10.7. The van der Waals surface area contributed by atoms with Crippen molar-refractivity contribution in [3.63, 3.8) is 0 Å². The molecule has 0 aromatic rings. The van der Waals surface area contributed by atoms with Gasteiger partial charge in [0.25, 0.3) is 0 Å². The molecule has 2 aliphatic heterocycles. The van der Waals surface area contributed by atoms with Gasteiger partial charge in [0.1, 0.15) is 18.3 Å². The van der Waals surface area contributed by atoms with Crippen molar-refractivity contribution in [3.8, 4) is 0 Å². The Labute approximate surface area is 88.0 Å². The number of urea groups is 1. The molecule has 0 aromatic heterocycles. The minimum Gasteiger partial charge on any atom is -0.371 e. The second-order valence-corrected chi connectivity index (χ2v) is 4.26. The van der Waals surface area contributed by atoms with Crippen molar-refractivity contribution < 1.29 is 19.0 Å². The molecule has 3 N–H and O–H groups in total. The predicted octanol–water partition coefficient (Wildman–Crippen LogP) is -0.426. The van der Waals surface area contributed by atoms with Gasteiger partial charge in [-0.1, -0.05) is 0 Å². The molecular weight excluding hydrogens is 200 g/mol. The third-order valence-electron chi connectivity index (χ3n) is 2.54. The molecule has 15 heavy (non-hydrogen) atoms. The van der Waals surface area contributed by atoms with E-state index in [1.807, 2.05) is 13.8 Å². The Morgan fingerprint density at radius 1 is 1.53 bits per heavy atom. The number of carbonyl (C=O) groups excluding carboxylic acids is 1. The van der Waals surface area contributed by atoms with Crippen molar-refractivity contribution in [1.29, 1.82) is 0 Å². The Hall–Kier alpha value is -0.850. The van der Waals surface area contributed by atoms with E-state index in [4.69, 9.17) is 19.9 Å². The van der Waals surface area contributed by atoms with Gasteiger partial charge in [-0.3, -0.25) is 0 Å². The van der Waals surface area contributed by atoms with Crippen LogP contribution in [0.5, 0.6) is 0 Å². The minimum absolute atomic E-state index is 0.0420. The summed E-state index contributed by atoms with van der Waals surface area (Å²) in [4.78, 5) is 10.6. The number of primary amides is 1. The third-order valence-corrected chi connectivity index (χ3v) is 2.54. The lowest BCUT2D eigenvalue weighted by Crippen LogP contribution is -2.41. The van der Waals surface area contributed by atoms with Gasteiger partial charge in [-0.2, -0.15) is 0 Å². The quantitative estimate of drug-likeness (QED) is 0.656. The van der Waals surface area contributed by atoms with Crippen LogP contribution in [-0.2, 0) is 14.2 Å². The molecule has 2 amide bonds. The lowest BCUT2D eigenvalue weighted by Gasteiger charge is -2.21. The second kappa shape index (κ2) is 3.62. The Balaban J connectivity index is 1.91. The van der Waals surface area contributed by atoms with Crippen LogP contribution in [0, 0.1) is 0 Å². The van der Waals surface area contributed by atoms with Crippen molar-refractivity contribution in [1.82, 2.24) is 5.32 Å². The maximum absolute atomic E-state index is 10.6. The Bertz CT molecular complexity index is 269. The van der Waals surface area contributed by atoms with Crippen LogP contribution >= 0.6 is 0 Å². The summed E-state index contributed by atoms with van der Waals surface area (Å²) in [7, 11) is 0. The van der Waals surface area contributed by atoms with Gasteiger partial charge in [0.15, 0.2) is 5.79 Å². The summed E-state index contributed by atoms with van der Waals surface area (Å²) >= 11 is 0. The van der Waals surface area contributed by atoms with Crippen molar-refractivity contribution >= 4 is 6.03 Å². The number of fused-ring (bicyclic) bond motifs is 1. The van der Waals surface area contributed by atoms with Crippen molar-refractivity contribution in [2.45, 2.75) is 37.9 Å². The van der Waals surface area contributed by atoms with Gasteiger partial charge in [0.2, 0.25) is 0 Å². The third kappa shape index (κ3) is 2.22. The lowest BCUT2D eigenvalue weighted by atomic mass is 10.1. The summed E-state index contributed by atoms with van der Waals surface area (Å²) in [5.41, 5.74) is 4.98. The molecule has 0 bridgehead atoms. The van der Waals surface area contributed by atoms with Crippen LogP contribution < -0.4 is 11.1 Å². The average Bonchev–Trinajstić information content (AvgIpc) is 2.56. The largest absolute Gasteiger partial charge is 0.371 e. The highest BCUT2D eigenvalue weighted by atomic mass is 16.8. The molecule has 0 aromatic carbocycles. The van der Waals surface area contributed by atoms with E-state index in [9.17, 15) is 4.79 Å². The highest BCUT2D eigenvalue weighted by Gasteiger charge is 2.49. The molecule has 0 spiro atoms. The fourth-order valence-corrected chi connectivity index (χ4v) is 2.00. The van der Waals surface area contributed by atoms with Crippen LogP contribution in [0.15, 0.2) is 0 Å². The van der Waals surface area contributed by atoms with Gasteiger partial charge in [-0.15, -0.1) is 0 Å². The number of nitrogens with two attached hydrogens (primary N) is 1. The molecule has 0 unspecified atom stereocenters. The molecule has 0 radical (unpaired) electrons. The normalized spacial score (nSPS) is 37.6. The number of hydrogen-bond acceptors (Lipinski definition) is 4. The molecule has 3 atom stereocenters. The molecule has 0 aliphatic carbocycles. The van der Waals surface area contributed by atoms with Gasteiger partial charge in [-0.05, 0) is 13.8 Å². The van der Waals surface area contributed by atoms with Crippen LogP contribution in [-0.4, -0.2) is 43.3 Å². The summed E-state index contributed by atoms with van der Waals surface area (Å²) < 4.78 is 16.7. The van der Waals surface area contributed by atoms with E-state index >= 15 is 0 Å². The minimum atomic E-state index is -0.565. The number of ether oxygens (including phenoxy) is 3. The average molecular weight is 216 g/mol. The maximum atomic E-state index is 10.6. The van der Waals surface area contributed by atoms with E-state index in [1.165, 1.54) is 0 Å². The number of amides is 2. The van der Waals surface area contributed by atoms with E-state index in [1.54, 1.807) is 0 Å². The van der Waals surface area contributed by atoms with Crippen molar-refractivity contribution in [2.24, 2.45) is 5.73 Å². The molecular formula is C9H16N2O4. The molecule has 2 saturated heterocycles. The van der Waals surface area contributed by atoms with Gasteiger partial charge in [0.05, 0.1) is 6.61 Å². The fraction of sp³-hybridized carbons (Fsp3) is 0.889. The predicted molar refractivity (Wildman–Crippen MR) is 51.2 cm³/mol. The van der Waals surface area contributed by atoms with Gasteiger partial charge < -0.3 is 25.3 Å². The Morgan fingerprint density at radius 3 is 2.93 bits per heavy atom. The van der Waals surface area contributed by atoms with Gasteiger partial charge in [-0.25, -0.2) is 4.79 Å². The molecule has 2 aliphatic rings. The standard InChI is InChI=1S/C9H16N2O4/c1-9(2)14-6-4-13-5(7(6)15-9)3-11-8(10)12/h5-7H,3-4H2,1-2H3,(H3,10,11,12)/t5-,6-,7+/m1/s1. The van der Waals surface area contributed by atoms with Gasteiger partial charge >= 0.3 is 6.03 Å². The summed E-state index contributed by atoms with van der Waals surface area (Å²) in [6, 6.07) is -0.555. The lowest BCUT2D eigenvalue weighted by molar-refractivity contribution is -0.174. The van der Waals surface area contributed by atoms with Crippen LogP contribution in [0.2, 0.25) is 0 Å². The first-order valence-electron chi connectivity index (χ1n) is 4.98. The van der Waals surface area contributed by atoms with E-state index in [-0.39, 0.29) is 18.3 Å². The molecule has 2 heterocycles. The SMILES string of the molecule is CC1(C)O[C@H]2[C@@H](CNC(N)=O)OC[C@H]2O1. The van der Waals surface area contributed by atoms with E-state index in [0.29, 0.717) is 13.2 Å². The summed E-state index contributed by atoms with van der Waals surface area (Å²) in [6.07, 6.45) is -0.337. The zero-order valence-corrected chi connectivity index (χ0v) is 8.86. The van der Waals surface area contributed by atoms with Crippen molar-refractivity contribution in [2.75, 3.05) is 13.2 Å². The monoisotopic (exact) mass is 216 g/mol. The smallest absolute Gasteiger partial charge is 0.312 e. The zero-order valence-electron chi connectivity index (χ0n) is 8.86. The number of carbonyl (C=O) groups is 1. The van der Waals surface area contributed by atoms with Crippen LogP contribution in [0.1, 0.15) is 13.8 Å². The van der Waals surface area contributed by atoms with Crippen LogP contribution in [0.4, 0.5) is 4.79 Å². The highest BCUT2D eigenvalue weighted by molar-refractivity contribution is 5.71. The number of hydrogen-bond donors (Lipinski definition) is 2. The van der Waals surface area contributed by atoms with Gasteiger partial charge in [0, 0.05) is 6.54 Å². The Morgan fingerprint density at radius 2 is 2.27 bits per heavy atom. The van der Waals surface area contributed by atoms with Crippen LogP contribution in [0.25, 0.3) is 0 Å². The van der Waals surface area contributed by atoms with Crippen LogP contribution in [0.3, 0.4) is 0 Å². The van der Waals surface area contributed by atoms with E-state index < -0.39 is 11.8 Å². The molecule has 6 nitrogen and oxygen atoms in total. The molecule has 6 heteroatoms. The summed E-state index contributed by atoms with van der Waals surface area (Å²) in [5.74, 6) is -0.565. The molecule has 0 saturated carbocycles. The molecule has 86 valence electrons. The Kier molecular flexibility index (Phi) is 2.57. The molecule has 2 fully saturated rings. The highest BCUT2D eigenvalue weighted by Crippen LogP contribution is 2.34. The second-order valence-electron chi connectivity index (χ2n) is 4.26. The van der Waals surface area contributed by atoms with E-state index in [0.717, 1.165) is 0 Å². The summed E-state index contributed by atoms with van der Waals surface area (Å²) in [5, 5.41) is 2.51. The van der Waals surface area contributed by atoms with Crippen molar-refractivity contribution in [3.05, 3.63) is 0 Å². The summed E-state index contributed by atoms with van der Waals surface area (Å²) in [6.45, 7) is 4.59.